The van der Waals surface area contributed by atoms with Gasteiger partial charge in [-0.25, -0.2) is 4.79 Å². The Morgan fingerprint density at radius 1 is 1.11 bits per heavy atom. The predicted octanol–water partition coefficient (Wildman–Crippen LogP) is 4.80. The minimum atomic E-state index is -4.32. The van der Waals surface area contributed by atoms with Crippen LogP contribution in [0.4, 0.5) is 18.0 Å². The standard InChI is InChI=1S/C20H29F3N2O2/c1-19(2,3)27-18(26)24-16-11-8-14(12-17(16)25(4)5)13-6-9-15(10-7-13)20(21,22)23/h6-7,9-10,14,16-17H,8,11-12H2,1-5H3,(H,24,26)/t14-,16-,17-/m0/s1. The molecule has 0 aliphatic heterocycles. The lowest BCUT2D eigenvalue weighted by atomic mass is 9.78. The van der Waals surface area contributed by atoms with E-state index in [1.165, 1.54) is 0 Å². The quantitative estimate of drug-likeness (QED) is 0.812. The molecule has 1 fully saturated rings. The minimum Gasteiger partial charge on any atom is -0.444 e. The first-order chi connectivity index (χ1) is 12.4. The number of ether oxygens (including phenoxy) is 1. The Labute approximate surface area is 159 Å². The van der Waals surface area contributed by atoms with Crippen LogP contribution < -0.4 is 5.32 Å². The van der Waals surface area contributed by atoms with Crippen molar-refractivity contribution in [2.75, 3.05) is 14.1 Å². The van der Waals surface area contributed by atoms with Crippen molar-refractivity contribution in [1.29, 1.82) is 0 Å². The second kappa shape index (κ2) is 8.09. The van der Waals surface area contributed by atoms with E-state index in [-0.39, 0.29) is 18.0 Å². The fraction of sp³-hybridized carbons (Fsp3) is 0.650. The zero-order chi connectivity index (χ0) is 20.4. The second-order valence-electron chi connectivity index (χ2n) is 8.41. The van der Waals surface area contributed by atoms with Gasteiger partial charge in [-0.3, -0.25) is 0 Å². The Hall–Kier alpha value is -1.76. The zero-order valence-corrected chi connectivity index (χ0v) is 16.6. The maximum atomic E-state index is 12.8. The number of rotatable bonds is 3. The Kier molecular flexibility index (Phi) is 6.45. The Bertz CT molecular complexity index is 636. The molecule has 0 saturated heterocycles. The fourth-order valence-electron chi connectivity index (χ4n) is 3.59. The summed E-state index contributed by atoms with van der Waals surface area (Å²) in [5.41, 5.74) is -0.281. The molecule has 1 aromatic rings. The molecule has 0 spiro atoms. The number of likely N-dealkylation sites (N-methyl/N-ethyl adjacent to an activating group) is 1. The van der Waals surface area contributed by atoms with Crippen molar-refractivity contribution >= 4 is 6.09 Å². The Morgan fingerprint density at radius 2 is 1.70 bits per heavy atom. The molecule has 152 valence electrons. The van der Waals surface area contributed by atoms with Crippen molar-refractivity contribution in [2.45, 2.75) is 69.8 Å². The fourth-order valence-corrected chi connectivity index (χ4v) is 3.59. The number of amides is 1. The van der Waals surface area contributed by atoms with E-state index in [1.807, 2.05) is 34.9 Å². The molecule has 3 atom stereocenters. The molecule has 1 aromatic carbocycles. The second-order valence-corrected chi connectivity index (χ2v) is 8.41. The molecule has 1 aliphatic carbocycles. The van der Waals surface area contributed by atoms with E-state index in [9.17, 15) is 18.0 Å². The first kappa shape index (κ1) is 21.5. The Balaban J connectivity index is 2.06. The van der Waals surface area contributed by atoms with Crippen molar-refractivity contribution in [3.8, 4) is 0 Å². The van der Waals surface area contributed by atoms with Crippen LogP contribution in [0.5, 0.6) is 0 Å². The first-order valence-electron chi connectivity index (χ1n) is 9.20. The average Bonchev–Trinajstić information content (AvgIpc) is 2.52. The van der Waals surface area contributed by atoms with Crippen molar-refractivity contribution in [2.24, 2.45) is 0 Å². The molecule has 1 aliphatic rings. The summed E-state index contributed by atoms with van der Waals surface area (Å²) in [6.45, 7) is 5.45. The number of benzene rings is 1. The number of nitrogens with one attached hydrogen (secondary N) is 1. The van der Waals surface area contributed by atoms with Gasteiger partial charge in [0.2, 0.25) is 0 Å². The zero-order valence-electron chi connectivity index (χ0n) is 16.6. The van der Waals surface area contributed by atoms with E-state index in [0.717, 1.165) is 37.0 Å². The monoisotopic (exact) mass is 386 g/mol. The molecule has 0 heterocycles. The maximum Gasteiger partial charge on any atom is 0.416 e. The van der Waals surface area contributed by atoms with E-state index in [0.29, 0.717) is 0 Å². The van der Waals surface area contributed by atoms with E-state index in [2.05, 4.69) is 10.2 Å². The van der Waals surface area contributed by atoms with Crippen LogP contribution in [0, 0.1) is 0 Å². The van der Waals surface area contributed by atoms with Gasteiger partial charge in [0.1, 0.15) is 5.60 Å². The van der Waals surface area contributed by atoms with Gasteiger partial charge in [-0.05, 0) is 77.7 Å². The normalized spacial score (nSPS) is 24.0. The van der Waals surface area contributed by atoms with Gasteiger partial charge in [0, 0.05) is 12.1 Å². The van der Waals surface area contributed by atoms with Gasteiger partial charge in [0.15, 0.2) is 0 Å². The van der Waals surface area contributed by atoms with Crippen molar-refractivity contribution < 1.29 is 22.7 Å². The predicted molar refractivity (Wildman–Crippen MR) is 98.7 cm³/mol. The van der Waals surface area contributed by atoms with Gasteiger partial charge in [-0.2, -0.15) is 13.2 Å². The highest BCUT2D eigenvalue weighted by Crippen LogP contribution is 2.36. The average molecular weight is 386 g/mol. The molecule has 1 saturated carbocycles. The maximum absolute atomic E-state index is 12.8. The van der Waals surface area contributed by atoms with Crippen LogP contribution in [0.2, 0.25) is 0 Å². The lowest BCUT2D eigenvalue weighted by Crippen LogP contribution is -2.53. The highest BCUT2D eigenvalue weighted by Gasteiger charge is 2.35. The summed E-state index contributed by atoms with van der Waals surface area (Å²) >= 11 is 0. The van der Waals surface area contributed by atoms with Crippen LogP contribution in [0.1, 0.15) is 57.1 Å². The summed E-state index contributed by atoms with van der Waals surface area (Å²) in [5.74, 6) is 0.163. The summed E-state index contributed by atoms with van der Waals surface area (Å²) < 4.78 is 43.6. The number of nitrogens with zero attached hydrogens (tertiary/aromatic N) is 1. The van der Waals surface area contributed by atoms with Crippen LogP contribution >= 0.6 is 0 Å². The van der Waals surface area contributed by atoms with Crippen LogP contribution in [0.25, 0.3) is 0 Å². The van der Waals surface area contributed by atoms with Gasteiger partial charge in [0.25, 0.3) is 0 Å². The van der Waals surface area contributed by atoms with Gasteiger partial charge in [-0.1, -0.05) is 12.1 Å². The highest BCUT2D eigenvalue weighted by molar-refractivity contribution is 5.68. The molecule has 0 aromatic heterocycles. The number of hydrogen-bond donors (Lipinski definition) is 1. The number of hydrogen-bond acceptors (Lipinski definition) is 3. The number of alkyl carbamates (subject to hydrolysis) is 1. The lowest BCUT2D eigenvalue weighted by molar-refractivity contribution is -0.137. The molecule has 1 N–H and O–H groups in total. The minimum absolute atomic E-state index is 0.0550. The SMILES string of the molecule is CN(C)[C@H]1C[C@@H](c2ccc(C(F)(F)F)cc2)CC[C@@H]1NC(=O)OC(C)(C)C. The summed E-state index contributed by atoms with van der Waals surface area (Å²) in [7, 11) is 3.90. The number of halogens is 3. The molecule has 0 bridgehead atoms. The van der Waals surface area contributed by atoms with Gasteiger partial charge in [-0.15, -0.1) is 0 Å². The van der Waals surface area contributed by atoms with Crippen LogP contribution in [-0.4, -0.2) is 42.8 Å². The van der Waals surface area contributed by atoms with Crippen LogP contribution in [0.3, 0.4) is 0 Å². The van der Waals surface area contributed by atoms with E-state index in [4.69, 9.17) is 4.74 Å². The van der Waals surface area contributed by atoms with Crippen LogP contribution in [-0.2, 0) is 10.9 Å². The highest BCUT2D eigenvalue weighted by atomic mass is 19.4. The largest absolute Gasteiger partial charge is 0.444 e. The molecule has 1 amide bonds. The molecule has 4 nitrogen and oxygen atoms in total. The molecule has 7 heteroatoms. The first-order valence-corrected chi connectivity index (χ1v) is 9.20. The third-order valence-electron chi connectivity index (χ3n) is 4.89. The summed E-state index contributed by atoms with van der Waals surface area (Å²) in [6, 6.07) is 5.46. The number of carbonyl (C=O) groups excluding carboxylic acids is 1. The van der Waals surface area contributed by atoms with E-state index < -0.39 is 23.4 Å². The van der Waals surface area contributed by atoms with E-state index in [1.54, 1.807) is 12.1 Å². The molecule has 0 unspecified atom stereocenters. The molecule has 2 rings (SSSR count). The molecular formula is C20H29F3N2O2. The Morgan fingerprint density at radius 3 is 2.19 bits per heavy atom. The van der Waals surface area contributed by atoms with Crippen LogP contribution in [0.15, 0.2) is 24.3 Å². The smallest absolute Gasteiger partial charge is 0.416 e. The molecule has 27 heavy (non-hydrogen) atoms. The van der Waals surface area contributed by atoms with Gasteiger partial charge >= 0.3 is 12.3 Å². The topological polar surface area (TPSA) is 41.6 Å². The van der Waals surface area contributed by atoms with Crippen molar-refractivity contribution in [3.63, 3.8) is 0 Å². The number of alkyl halides is 3. The lowest BCUT2D eigenvalue weighted by Gasteiger charge is -2.40. The molecular weight excluding hydrogens is 357 g/mol. The summed E-state index contributed by atoms with van der Waals surface area (Å²) in [4.78, 5) is 14.2. The summed E-state index contributed by atoms with van der Waals surface area (Å²) in [5, 5.41) is 2.96. The van der Waals surface area contributed by atoms with Gasteiger partial charge < -0.3 is 15.0 Å². The van der Waals surface area contributed by atoms with Gasteiger partial charge in [0.05, 0.1) is 5.56 Å². The summed E-state index contributed by atoms with van der Waals surface area (Å²) in [6.07, 6.45) is -2.45. The van der Waals surface area contributed by atoms with Crippen molar-refractivity contribution in [3.05, 3.63) is 35.4 Å². The van der Waals surface area contributed by atoms with E-state index >= 15 is 0 Å². The third-order valence-corrected chi connectivity index (χ3v) is 4.89. The third kappa shape index (κ3) is 6.13. The molecule has 0 radical (unpaired) electrons. The number of carbonyl (C=O) groups is 1. The van der Waals surface area contributed by atoms with Crippen molar-refractivity contribution in [1.82, 2.24) is 10.2 Å².